The van der Waals surface area contributed by atoms with Crippen LogP contribution in [0.15, 0.2) is 36.5 Å². The van der Waals surface area contributed by atoms with Crippen LogP contribution in [0.1, 0.15) is 12.8 Å². The average Bonchev–Trinajstić information content (AvgIpc) is 2.55. The van der Waals surface area contributed by atoms with Gasteiger partial charge in [0.1, 0.15) is 0 Å². The molecule has 0 aromatic carbocycles. The van der Waals surface area contributed by atoms with Crippen molar-refractivity contribution in [2.75, 3.05) is 6.61 Å². The predicted octanol–water partition coefficient (Wildman–Crippen LogP) is 1.97. The summed E-state index contributed by atoms with van der Waals surface area (Å²) in [6.45, 7) is 0.842. The summed E-state index contributed by atoms with van der Waals surface area (Å²) in [6.07, 6.45) is 15.0. The molecule has 13 heavy (non-hydrogen) atoms. The molecule has 70 valence electrons. The first-order chi connectivity index (χ1) is 6.47. The van der Waals surface area contributed by atoms with E-state index in [-0.39, 0.29) is 0 Å². The SMILES string of the molecule is C1=C\C=C\C([C@@H]2CCON2)C\C=C/1. The largest absolute Gasteiger partial charge is 0.301 e. The highest BCUT2D eigenvalue weighted by Gasteiger charge is 2.22. The number of nitrogens with one attached hydrogen (secondary N) is 1. The Hall–Kier alpha value is -0.860. The molecule has 0 radical (unpaired) electrons. The van der Waals surface area contributed by atoms with Gasteiger partial charge in [0.15, 0.2) is 0 Å². The number of rotatable bonds is 1. The fourth-order valence-corrected chi connectivity index (χ4v) is 1.74. The molecule has 2 rings (SSSR count). The summed E-state index contributed by atoms with van der Waals surface area (Å²) in [7, 11) is 0. The quantitative estimate of drug-likeness (QED) is 0.661. The molecule has 1 unspecified atom stereocenters. The van der Waals surface area contributed by atoms with Crippen molar-refractivity contribution in [2.45, 2.75) is 18.9 Å². The lowest BCUT2D eigenvalue weighted by Crippen LogP contribution is -2.28. The average molecular weight is 177 g/mol. The Morgan fingerprint density at radius 1 is 1.15 bits per heavy atom. The lowest BCUT2D eigenvalue weighted by Gasteiger charge is -2.17. The second-order valence-corrected chi connectivity index (χ2v) is 3.46. The summed E-state index contributed by atoms with van der Waals surface area (Å²) in [5.74, 6) is 0.573. The third-order valence-electron chi connectivity index (χ3n) is 2.52. The van der Waals surface area contributed by atoms with Gasteiger partial charge < -0.3 is 4.84 Å². The van der Waals surface area contributed by atoms with E-state index >= 15 is 0 Å². The minimum Gasteiger partial charge on any atom is -0.301 e. The Labute approximate surface area is 78.9 Å². The van der Waals surface area contributed by atoms with Gasteiger partial charge in [-0.1, -0.05) is 36.5 Å². The molecule has 0 aromatic rings. The first-order valence-electron chi connectivity index (χ1n) is 4.84. The summed E-state index contributed by atoms with van der Waals surface area (Å²) in [4.78, 5) is 5.16. The van der Waals surface area contributed by atoms with Crippen LogP contribution >= 0.6 is 0 Å². The maximum absolute atomic E-state index is 5.16. The van der Waals surface area contributed by atoms with Gasteiger partial charge in [0, 0.05) is 6.04 Å². The molecule has 0 bridgehead atoms. The number of allylic oxidation sites excluding steroid dienone is 5. The molecule has 1 heterocycles. The lowest BCUT2D eigenvalue weighted by atomic mass is 9.93. The van der Waals surface area contributed by atoms with Gasteiger partial charge in [-0.05, 0) is 18.8 Å². The highest BCUT2D eigenvalue weighted by Crippen LogP contribution is 2.19. The lowest BCUT2D eigenvalue weighted by molar-refractivity contribution is 0.0817. The van der Waals surface area contributed by atoms with Gasteiger partial charge >= 0.3 is 0 Å². The van der Waals surface area contributed by atoms with Crippen LogP contribution in [0.4, 0.5) is 0 Å². The third kappa shape index (κ3) is 2.29. The molecule has 2 nitrogen and oxygen atoms in total. The van der Waals surface area contributed by atoms with Crippen molar-refractivity contribution in [2.24, 2.45) is 5.92 Å². The maximum atomic E-state index is 5.16. The maximum Gasteiger partial charge on any atom is 0.0698 e. The van der Waals surface area contributed by atoms with E-state index in [2.05, 4.69) is 41.9 Å². The van der Waals surface area contributed by atoms with Gasteiger partial charge in [0.25, 0.3) is 0 Å². The third-order valence-corrected chi connectivity index (χ3v) is 2.52. The zero-order valence-corrected chi connectivity index (χ0v) is 7.65. The van der Waals surface area contributed by atoms with Crippen LogP contribution in [-0.2, 0) is 4.84 Å². The van der Waals surface area contributed by atoms with E-state index < -0.39 is 0 Å². The minimum atomic E-state index is 0.493. The molecule has 0 spiro atoms. The topological polar surface area (TPSA) is 21.3 Å². The fourth-order valence-electron chi connectivity index (χ4n) is 1.74. The Kier molecular flexibility index (Phi) is 2.95. The molecule has 0 amide bonds. The Morgan fingerprint density at radius 3 is 2.92 bits per heavy atom. The normalized spacial score (nSPS) is 40.6. The monoisotopic (exact) mass is 177 g/mol. The molecule has 1 N–H and O–H groups in total. The summed E-state index contributed by atoms with van der Waals surface area (Å²) in [6, 6.07) is 0.493. The van der Waals surface area contributed by atoms with Gasteiger partial charge in [-0.2, -0.15) is 5.48 Å². The molecule has 0 saturated carbocycles. The molecule has 2 aliphatic rings. The van der Waals surface area contributed by atoms with Crippen LogP contribution in [-0.4, -0.2) is 12.6 Å². The second-order valence-electron chi connectivity index (χ2n) is 3.46. The van der Waals surface area contributed by atoms with E-state index in [1.165, 1.54) is 0 Å². The van der Waals surface area contributed by atoms with E-state index in [1.54, 1.807) is 0 Å². The molecule has 1 aliphatic heterocycles. The van der Waals surface area contributed by atoms with Gasteiger partial charge in [0.05, 0.1) is 6.61 Å². The highest BCUT2D eigenvalue weighted by atomic mass is 16.7. The van der Waals surface area contributed by atoms with E-state index in [0.29, 0.717) is 12.0 Å². The van der Waals surface area contributed by atoms with E-state index in [0.717, 1.165) is 19.4 Å². The first-order valence-corrected chi connectivity index (χ1v) is 4.84. The number of hydrogen-bond donors (Lipinski definition) is 1. The molecule has 2 atom stereocenters. The van der Waals surface area contributed by atoms with Crippen molar-refractivity contribution in [3.05, 3.63) is 36.5 Å². The summed E-state index contributed by atoms with van der Waals surface area (Å²) in [5, 5.41) is 0. The Balaban J connectivity index is 2.00. The van der Waals surface area contributed by atoms with Crippen molar-refractivity contribution >= 4 is 0 Å². The smallest absolute Gasteiger partial charge is 0.0698 e. The van der Waals surface area contributed by atoms with Crippen molar-refractivity contribution in [1.29, 1.82) is 0 Å². The fraction of sp³-hybridized carbons (Fsp3) is 0.455. The van der Waals surface area contributed by atoms with Gasteiger partial charge in [-0.3, -0.25) is 0 Å². The van der Waals surface area contributed by atoms with Crippen molar-refractivity contribution in [3.63, 3.8) is 0 Å². The molecule has 0 aromatic heterocycles. The zero-order chi connectivity index (χ0) is 8.93. The van der Waals surface area contributed by atoms with E-state index in [9.17, 15) is 0 Å². The van der Waals surface area contributed by atoms with Gasteiger partial charge in [-0.15, -0.1) is 0 Å². The highest BCUT2D eigenvalue weighted by molar-refractivity contribution is 5.16. The molecular weight excluding hydrogens is 162 g/mol. The summed E-state index contributed by atoms with van der Waals surface area (Å²) < 4.78 is 0. The second kappa shape index (κ2) is 4.40. The van der Waals surface area contributed by atoms with Crippen LogP contribution < -0.4 is 5.48 Å². The summed E-state index contributed by atoms with van der Waals surface area (Å²) >= 11 is 0. The number of hydrogen-bond acceptors (Lipinski definition) is 2. The van der Waals surface area contributed by atoms with Crippen LogP contribution in [0.25, 0.3) is 0 Å². The van der Waals surface area contributed by atoms with Gasteiger partial charge in [0.2, 0.25) is 0 Å². The van der Waals surface area contributed by atoms with Gasteiger partial charge in [-0.25, -0.2) is 0 Å². The molecule has 1 aliphatic carbocycles. The molecule has 1 saturated heterocycles. The molecule has 2 heteroatoms. The van der Waals surface area contributed by atoms with Crippen molar-refractivity contribution in [3.8, 4) is 0 Å². The number of hydroxylamine groups is 1. The van der Waals surface area contributed by atoms with Crippen molar-refractivity contribution in [1.82, 2.24) is 5.48 Å². The Morgan fingerprint density at radius 2 is 2.08 bits per heavy atom. The zero-order valence-electron chi connectivity index (χ0n) is 7.65. The molecular formula is C11H15NO. The minimum absolute atomic E-state index is 0.493. The first kappa shape index (κ1) is 8.73. The van der Waals surface area contributed by atoms with Crippen LogP contribution in [0, 0.1) is 5.92 Å². The van der Waals surface area contributed by atoms with Crippen LogP contribution in [0.5, 0.6) is 0 Å². The molecule has 1 fully saturated rings. The summed E-state index contributed by atoms with van der Waals surface area (Å²) in [5.41, 5.74) is 3.07. The van der Waals surface area contributed by atoms with Crippen LogP contribution in [0.2, 0.25) is 0 Å². The predicted molar refractivity (Wildman–Crippen MR) is 53.0 cm³/mol. The van der Waals surface area contributed by atoms with E-state index in [1.807, 2.05) is 0 Å². The standard InChI is InChI=1S/C11H15NO/c1-2-4-6-10(7-5-3-1)11-8-9-13-12-11/h1-6,10-12H,7-9H2/b2-1-,5-3-,6-4+/t10?,11-/m0/s1. The van der Waals surface area contributed by atoms with Crippen molar-refractivity contribution < 1.29 is 4.84 Å². The van der Waals surface area contributed by atoms with E-state index in [4.69, 9.17) is 4.84 Å². The van der Waals surface area contributed by atoms with Crippen LogP contribution in [0.3, 0.4) is 0 Å². The Bertz CT molecular complexity index is 236.